The maximum absolute atomic E-state index is 5.43. The van der Waals surface area contributed by atoms with Crippen molar-refractivity contribution in [2.45, 2.75) is 5.33 Å². The molecule has 12 heavy (non-hydrogen) atoms. The van der Waals surface area contributed by atoms with Gasteiger partial charge < -0.3 is 4.42 Å². The van der Waals surface area contributed by atoms with Gasteiger partial charge in [0.15, 0.2) is 0 Å². The van der Waals surface area contributed by atoms with Crippen molar-refractivity contribution in [3.05, 3.63) is 30.3 Å². The number of hydrogen-bond donors (Lipinski definition) is 0. The highest BCUT2D eigenvalue weighted by Gasteiger charge is 1.99. The number of aromatic nitrogens is 1. The molecule has 0 N–H and O–H groups in total. The molecule has 0 bridgehead atoms. The number of hydrogen-bond acceptors (Lipinski definition) is 2. The van der Waals surface area contributed by atoms with E-state index in [9.17, 15) is 0 Å². The fourth-order valence-electron chi connectivity index (χ4n) is 1.01. The molecule has 2 aromatic rings. The van der Waals surface area contributed by atoms with Crippen LogP contribution in [0.1, 0.15) is 5.76 Å². The number of halogens is 2. The number of alkyl halides is 1. The Balaban J connectivity index is 0.000000720. The van der Waals surface area contributed by atoms with Crippen molar-refractivity contribution in [1.82, 2.24) is 4.98 Å². The van der Waals surface area contributed by atoms with Gasteiger partial charge >= 0.3 is 0 Å². The Hall–Kier alpha value is -0.540. The Morgan fingerprint density at radius 2 is 2.33 bits per heavy atom. The van der Waals surface area contributed by atoms with Crippen LogP contribution in [-0.4, -0.2) is 4.98 Å². The van der Waals surface area contributed by atoms with Gasteiger partial charge in [0.25, 0.3) is 0 Å². The van der Waals surface area contributed by atoms with Gasteiger partial charge in [-0.2, -0.15) is 0 Å². The van der Waals surface area contributed by atoms with E-state index in [2.05, 4.69) is 20.9 Å². The van der Waals surface area contributed by atoms with E-state index >= 15 is 0 Å². The maximum Gasteiger partial charge on any atom is 0.137 e. The third-order valence-corrected chi connectivity index (χ3v) is 2.05. The lowest BCUT2D eigenvalue weighted by molar-refractivity contribution is 0.575. The zero-order valence-electron chi connectivity index (χ0n) is 6.16. The highest BCUT2D eigenvalue weighted by molar-refractivity contribution is 9.08. The van der Waals surface area contributed by atoms with E-state index in [0.29, 0.717) is 0 Å². The lowest BCUT2D eigenvalue weighted by atomic mass is 10.3. The van der Waals surface area contributed by atoms with Crippen LogP contribution in [0.4, 0.5) is 0 Å². The predicted octanol–water partition coefficient (Wildman–Crippen LogP) is 3.14. The first kappa shape index (κ1) is 9.55. The average molecular weight is 249 g/mol. The van der Waals surface area contributed by atoms with Crippen LogP contribution >= 0.6 is 28.3 Å². The largest absolute Gasteiger partial charge is 0.460 e. The van der Waals surface area contributed by atoms with Crippen molar-refractivity contribution >= 4 is 39.3 Å². The minimum atomic E-state index is 0. The molecule has 4 heteroatoms. The molecule has 2 rings (SSSR count). The molecule has 0 unspecified atom stereocenters. The molecular weight excluding hydrogens is 241 g/mol. The van der Waals surface area contributed by atoms with Crippen molar-refractivity contribution in [1.29, 1.82) is 0 Å². The Bertz CT molecular complexity index is 341. The topological polar surface area (TPSA) is 26.0 Å². The van der Waals surface area contributed by atoms with Crippen molar-refractivity contribution in [2.75, 3.05) is 0 Å². The summed E-state index contributed by atoms with van der Waals surface area (Å²) in [5, 5.41) is 1.81. The zero-order chi connectivity index (χ0) is 7.68. The molecule has 0 amide bonds. The van der Waals surface area contributed by atoms with Gasteiger partial charge in [0.2, 0.25) is 0 Å². The minimum absolute atomic E-state index is 0. The van der Waals surface area contributed by atoms with Crippen LogP contribution in [-0.2, 0) is 5.33 Å². The normalized spacial score (nSPS) is 9.75. The monoisotopic (exact) mass is 247 g/mol. The van der Waals surface area contributed by atoms with Crippen LogP contribution in [0.2, 0.25) is 0 Å². The minimum Gasteiger partial charge on any atom is -0.460 e. The van der Waals surface area contributed by atoms with Crippen molar-refractivity contribution in [3.63, 3.8) is 0 Å². The predicted molar refractivity (Wildman–Crippen MR) is 53.9 cm³/mol. The molecule has 0 aromatic carbocycles. The van der Waals surface area contributed by atoms with Gasteiger partial charge in [0.1, 0.15) is 11.3 Å². The molecule has 0 spiro atoms. The summed E-state index contributed by atoms with van der Waals surface area (Å²) in [5.74, 6) is 0.938. The molecule has 0 aliphatic heterocycles. The van der Waals surface area contributed by atoms with E-state index in [1.54, 1.807) is 12.4 Å². The first-order valence-electron chi connectivity index (χ1n) is 3.28. The average Bonchev–Trinajstić information content (AvgIpc) is 2.46. The highest BCUT2D eigenvalue weighted by Crippen LogP contribution is 2.18. The molecule has 0 radical (unpaired) electrons. The molecule has 0 aliphatic rings. The molecular formula is C8H7BrClNO. The van der Waals surface area contributed by atoms with Crippen molar-refractivity contribution in [2.24, 2.45) is 0 Å². The van der Waals surface area contributed by atoms with E-state index in [1.807, 2.05) is 12.1 Å². The van der Waals surface area contributed by atoms with Gasteiger partial charge in [0.05, 0.1) is 5.33 Å². The molecule has 2 nitrogen and oxygen atoms in total. The van der Waals surface area contributed by atoms with Crippen LogP contribution in [0.15, 0.2) is 28.9 Å². The zero-order valence-corrected chi connectivity index (χ0v) is 8.56. The van der Waals surface area contributed by atoms with Crippen molar-refractivity contribution < 1.29 is 4.42 Å². The second-order valence-corrected chi connectivity index (χ2v) is 2.82. The van der Waals surface area contributed by atoms with Gasteiger partial charge in [-0.25, -0.2) is 0 Å². The highest BCUT2D eigenvalue weighted by atomic mass is 79.9. The second kappa shape index (κ2) is 3.92. The maximum atomic E-state index is 5.43. The molecule has 2 aromatic heterocycles. The van der Waals surface area contributed by atoms with E-state index in [1.165, 1.54) is 0 Å². The fraction of sp³-hybridized carbons (Fsp3) is 0.125. The van der Waals surface area contributed by atoms with Gasteiger partial charge in [-0.1, -0.05) is 15.9 Å². The number of rotatable bonds is 1. The first-order chi connectivity index (χ1) is 5.40. The SMILES string of the molecule is BrCc1cc2cnccc2o1.Cl. The molecule has 0 atom stereocenters. The summed E-state index contributed by atoms with van der Waals surface area (Å²) in [7, 11) is 0. The van der Waals surface area contributed by atoms with Gasteiger partial charge in [-0.05, 0) is 12.1 Å². The van der Waals surface area contributed by atoms with E-state index in [4.69, 9.17) is 4.42 Å². The lowest BCUT2D eigenvalue weighted by Gasteiger charge is -1.82. The van der Waals surface area contributed by atoms with Crippen LogP contribution in [0.3, 0.4) is 0 Å². The Kier molecular flexibility index (Phi) is 3.12. The standard InChI is InChI=1S/C8H6BrNO.ClH/c9-4-7-3-6-5-10-2-1-8(6)11-7;/h1-3,5H,4H2;1H. The van der Waals surface area contributed by atoms with Crippen LogP contribution in [0.5, 0.6) is 0 Å². The molecule has 0 saturated heterocycles. The summed E-state index contributed by atoms with van der Waals surface area (Å²) < 4.78 is 5.43. The van der Waals surface area contributed by atoms with Crippen molar-refractivity contribution in [3.8, 4) is 0 Å². The van der Waals surface area contributed by atoms with E-state index in [0.717, 1.165) is 22.1 Å². The Morgan fingerprint density at radius 3 is 3.00 bits per heavy atom. The van der Waals surface area contributed by atoms with Crippen LogP contribution in [0.25, 0.3) is 11.0 Å². The molecule has 64 valence electrons. The number of pyridine rings is 1. The summed E-state index contributed by atoms with van der Waals surface area (Å²) in [6, 6.07) is 3.85. The fourth-order valence-corrected chi connectivity index (χ4v) is 1.28. The summed E-state index contributed by atoms with van der Waals surface area (Å²) in [4.78, 5) is 3.99. The Labute approximate surface area is 84.5 Å². The lowest BCUT2D eigenvalue weighted by Crippen LogP contribution is -1.65. The van der Waals surface area contributed by atoms with Crippen LogP contribution in [0, 0.1) is 0 Å². The smallest absolute Gasteiger partial charge is 0.137 e. The number of nitrogens with zero attached hydrogens (tertiary/aromatic N) is 1. The third-order valence-electron chi connectivity index (χ3n) is 1.50. The molecule has 0 saturated carbocycles. The third kappa shape index (κ3) is 1.62. The summed E-state index contributed by atoms with van der Waals surface area (Å²) in [5.41, 5.74) is 0.898. The molecule has 0 fully saturated rings. The first-order valence-corrected chi connectivity index (χ1v) is 4.40. The second-order valence-electron chi connectivity index (χ2n) is 2.26. The Morgan fingerprint density at radius 1 is 1.50 bits per heavy atom. The van der Waals surface area contributed by atoms with E-state index < -0.39 is 0 Å². The summed E-state index contributed by atoms with van der Waals surface area (Å²) in [6.45, 7) is 0. The van der Waals surface area contributed by atoms with Gasteiger partial charge in [0, 0.05) is 17.8 Å². The summed E-state index contributed by atoms with van der Waals surface area (Å²) in [6.07, 6.45) is 3.52. The quantitative estimate of drug-likeness (QED) is 0.725. The number of furan rings is 1. The van der Waals surface area contributed by atoms with Gasteiger partial charge in [-0.15, -0.1) is 12.4 Å². The molecule has 0 aliphatic carbocycles. The van der Waals surface area contributed by atoms with E-state index in [-0.39, 0.29) is 12.4 Å². The number of fused-ring (bicyclic) bond motifs is 1. The van der Waals surface area contributed by atoms with Crippen LogP contribution < -0.4 is 0 Å². The molecule has 2 heterocycles. The summed E-state index contributed by atoms with van der Waals surface area (Å²) >= 11 is 3.32. The van der Waals surface area contributed by atoms with Gasteiger partial charge in [-0.3, -0.25) is 4.98 Å².